The molecule has 0 radical (unpaired) electrons. The van der Waals surface area contributed by atoms with Gasteiger partial charge in [-0.15, -0.1) is 11.3 Å². The van der Waals surface area contributed by atoms with Crippen LogP contribution < -0.4 is 5.32 Å². The van der Waals surface area contributed by atoms with Gasteiger partial charge in [-0.1, -0.05) is 69.4 Å². The van der Waals surface area contributed by atoms with Crippen LogP contribution in [-0.4, -0.2) is 6.54 Å². The summed E-state index contributed by atoms with van der Waals surface area (Å²) in [6.07, 6.45) is 8.20. The van der Waals surface area contributed by atoms with Crippen LogP contribution in [0.25, 0.3) is 11.1 Å². The van der Waals surface area contributed by atoms with E-state index >= 15 is 0 Å². The van der Waals surface area contributed by atoms with Gasteiger partial charge in [0.05, 0.1) is 0 Å². The largest absolute Gasteiger partial charge is 0.312 e. The summed E-state index contributed by atoms with van der Waals surface area (Å²) in [5.41, 5.74) is 2.66. The molecule has 114 valence electrons. The lowest BCUT2D eigenvalue weighted by molar-refractivity contribution is 0.573. The number of thiophene rings is 1. The van der Waals surface area contributed by atoms with Crippen molar-refractivity contribution in [1.29, 1.82) is 0 Å². The topological polar surface area (TPSA) is 12.0 Å². The Morgan fingerprint density at radius 1 is 0.905 bits per heavy atom. The van der Waals surface area contributed by atoms with Crippen molar-refractivity contribution in [2.75, 3.05) is 6.54 Å². The van der Waals surface area contributed by atoms with Crippen molar-refractivity contribution in [3.05, 3.63) is 46.7 Å². The standard InChI is InChI=1S/C19H27NS/c1-2-3-4-5-6-10-13-20-15-19-14-18(16-21-19)17-11-8-7-9-12-17/h7-9,11-12,14,16,20H,2-6,10,13,15H2,1H3. The van der Waals surface area contributed by atoms with Crippen LogP contribution in [0, 0.1) is 0 Å². The van der Waals surface area contributed by atoms with Crippen molar-refractivity contribution in [2.45, 2.75) is 52.0 Å². The molecule has 0 atom stereocenters. The second kappa shape index (κ2) is 9.75. The van der Waals surface area contributed by atoms with Crippen LogP contribution in [-0.2, 0) is 6.54 Å². The lowest BCUT2D eigenvalue weighted by Gasteiger charge is -2.03. The molecule has 1 heterocycles. The third kappa shape index (κ3) is 6.03. The number of rotatable bonds is 10. The maximum absolute atomic E-state index is 3.57. The second-order valence-electron chi connectivity index (χ2n) is 5.61. The van der Waals surface area contributed by atoms with Crippen LogP contribution in [0.15, 0.2) is 41.8 Å². The summed E-state index contributed by atoms with van der Waals surface area (Å²) in [6.45, 7) is 4.42. The summed E-state index contributed by atoms with van der Waals surface area (Å²) < 4.78 is 0. The molecular formula is C19H27NS. The van der Waals surface area contributed by atoms with Crippen LogP contribution in [0.1, 0.15) is 50.3 Å². The van der Waals surface area contributed by atoms with Gasteiger partial charge in [0.1, 0.15) is 0 Å². The van der Waals surface area contributed by atoms with Crippen molar-refractivity contribution >= 4 is 11.3 Å². The Hall–Kier alpha value is -1.12. The van der Waals surface area contributed by atoms with Gasteiger partial charge in [0.2, 0.25) is 0 Å². The van der Waals surface area contributed by atoms with E-state index in [1.165, 1.54) is 54.5 Å². The molecule has 0 fully saturated rings. The SMILES string of the molecule is CCCCCCCCNCc1cc(-c2ccccc2)cs1. The molecule has 0 aliphatic carbocycles. The summed E-state index contributed by atoms with van der Waals surface area (Å²) in [4.78, 5) is 1.43. The van der Waals surface area contributed by atoms with E-state index in [1.54, 1.807) is 0 Å². The summed E-state index contributed by atoms with van der Waals surface area (Å²) in [6, 6.07) is 12.9. The fourth-order valence-corrected chi connectivity index (χ4v) is 3.36. The smallest absolute Gasteiger partial charge is 0.0299 e. The molecule has 1 aromatic heterocycles. The fourth-order valence-electron chi connectivity index (χ4n) is 2.50. The van der Waals surface area contributed by atoms with Crippen molar-refractivity contribution in [3.8, 4) is 11.1 Å². The molecule has 0 spiro atoms. The molecular weight excluding hydrogens is 274 g/mol. The van der Waals surface area contributed by atoms with E-state index < -0.39 is 0 Å². The molecule has 0 unspecified atom stereocenters. The van der Waals surface area contributed by atoms with Crippen molar-refractivity contribution < 1.29 is 0 Å². The highest BCUT2D eigenvalue weighted by Gasteiger charge is 2.01. The minimum absolute atomic E-state index is 1.01. The first-order valence-electron chi connectivity index (χ1n) is 8.23. The second-order valence-corrected chi connectivity index (χ2v) is 6.61. The van der Waals surface area contributed by atoms with Crippen LogP contribution in [0.5, 0.6) is 0 Å². The Morgan fingerprint density at radius 3 is 2.48 bits per heavy atom. The predicted octanol–water partition coefficient (Wildman–Crippen LogP) is 5.87. The maximum Gasteiger partial charge on any atom is 0.0299 e. The van der Waals surface area contributed by atoms with E-state index in [4.69, 9.17) is 0 Å². The number of hydrogen-bond donors (Lipinski definition) is 1. The predicted molar refractivity (Wildman–Crippen MR) is 94.8 cm³/mol. The highest BCUT2D eigenvalue weighted by Crippen LogP contribution is 2.25. The van der Waals surface area contributed by atoms with Gasteiger partial charge in [0.15, 0.2) is 0 Å². The summed E-state index contributed by atoms with van der Waals surface area (Å²) >= 11 is 1.86. The first-order chi connectivity index (χ1) is 10.4. The first kappa shape index (κ1) is 16.3. The summed E-state index contributed by atoms with van der Waals surface area (Å²) in [5, 5.41) is 5.83. The van der Waals surface area contributed by atoms with Gasteiger partial charge in [-0.3, -0.25) is 0 Å². The molecule has 2 aromatic rings. The zero-order valence-electron chi connectivity index (χ0n) is 13.1. The molecule has 0 bridgehead atoms. The van der Waals surface area contributed by atoms with Gasteiger partial charge in [-0.05, 0) is 35.5 Å². The number of unbranched alkanes of at least 4 members (excludes halogenated alkanes) is 5. The molecule has 0 amide bonds. The van der Waals surface area contributed by atoms with E-state index in [0.717, 1.165) is 13.1 Å². The fraction of sp³-hybridized carbons (Fsp3) is 0.474. The summed E-state index contributed by atoms with van der Waals surface area (Å²) in [5.74, 6) is 0. The van der Waals surface area contributed by atoms with Gasteiger partial charge in [-0.2, -0.15) is 0 Å². The van der Waals surface area contributed by atoms with Crippen LogP contribution in [0.3, 0.4) is 0 Å². The van der Waals surface area contributed by atoms with Crippen molar-refractivity contribution in [1.82, 2.24) is 5.32 Å². The number of benzene rings is 1. The van der Waals surface area contributed by atoms with Crippen LogP contribution in [0.4, 0.5) is 0 Å². The first-order valence-corrected chi connectivity index (χ1v) is 9.11. The van der Waals surface area contributed by atoms with E-state index in [2.05, 4.69) is 54.0 Å². The highest BCUT2D eigenvalue weighted by molar-refractivity contribution is 7.10. The normalized spacial score (nSPS) is 10.9. The molecule has 2 heteroatoms. The summed E-state index contributed by atoms with van der Waals surface area (Å²) in [7, 11) is 0. The molecule has 0 aliphatic heterocycles. The van der Waals surface area contributed by atoms with E-state index in [9.17, 15) is 0 Å². The van der Waals surface area contributed by atoms with E-state index in [-0.39, 0.29) is 0 Å². The Kier molecular flexibility index (Phi) is 7.55. The van der Waals surface area contributed by atoms with E-state index in [0.29, 0.717) is 0 Å². The van der Waals surface area contributed by atoms with Gasteiger partial charge in [0.25, 0.3) is 0 Å². The van der Waals surface area contributed by atoms with Crippen LogP contribution >= 0.6 is 11.3 Å². The third-order valence-electron chi connectivity index (χ3n) is 3.77. The monoisotopic (exact) mass is 301 g/mol. The maximum atomic E-state index is 3.57. The quantitative estimate of drug-likeness (QED) is 0.541. The van der Waals surface area contributed by atoms with Gasteiger partial charge >= 0.3 is 0 Å². The van der Waals surface area contributed by atoms with Crippen molar-refractivity contribution in [2.24, 2.45) is 0 Å². The lowest BCUT2D eigenvalue weighted by atomic mass is 10.1. The van der Waals surface area contributed by atoms with Gasteiger partial charge in [0, 0.05) is 11.4 Å². The lowest BCUT2D eigenvalue weighted by Crippen LogP contribution is -2.13. The van der Waals surface area contributed by atoms with Crippen LogP contribution in [0.2, 0.25) is 0 Å². The molecule has 0 aliphatic rings. The average molecular weight is 301 g/mol. The average Bonchev–Trinajstić information content (AvgIpc) is 3.00. The zero-order chi connectivity index (χ0) is 14.8. The molecule has 21 heavy (non-hydrogen) atoms. The zero-order valence-corrected chi connectivity index (χ0v) is 13.9. The van der Waals surface area contributed by atoms with Crippen molar-refractivity contribution in [3.63, 3.8) is 0 Å². The molecule has 0 saturated heterocycles. The van der Waals surface area contributed by atoms with E-state index in [1.807, 2.05) is 11.3 Å². The number of nitrogens with one attached hydrogen (secondary N) is 1. The Morgan fingerprint density at radius 2 is 1.67 bits per heavy atom. The third-order valence-corrected chi connectivity index (χ3v) is 4.70. The minimum Gasteiger partial charge on any atom is -0.312 e. The highest BCUT2D eigenvalue weighted by atomic mass is 32.1. The molecule has 1 aromatic carbocycles. The Labute approximate surface area is 133 Å². The van der Waals surface area contributed by atoms with Gasteiger partial charge < -0.3 is 5.32 Å². The Bertz CT molecular complexity index is 489. The minimum atomic E-state index is 1.01. The molecule has 1 nitrogen and oxygen atoms in total. The molecule has 0 saturated carbocycles. The number of hydrogen-bond acceptors (Lipinski definition) is 2. The molecule has 2 rings (SSSR count). The molecule has 1 N–H and O–H groups in total. The van der Waals surface area contributed by atoms with Gasteiger partial charge in [-0.25, -0.2) is 0 Å². The Balaban J connectivity index is 1.63.